The molecule has 0 amide bonds. The topological polar surface area (TPSA) is 69.7 Å². The first-order chi connectivity index (χ1) is 19.1. The fourth-order valence-electron chi connectivity index (χ4n) is 5.75. The van der Waals surface area contributed by atoms with Crippen LogP contribution in [0.5, 0.6) is 0 Å². The second-order valence-corrected chi connectivity index (χ2v) is 10.3. The molecule has 1 saturated heterocycles. The van der Waals surface area contributed by atoms with E-state index in [0.29, 0.717) is 18.3 Å². The fraction of sp³-hybridized carbons (Fsp3) is 0.387. The summed E-state index contributed by atoms with van der Waals surface area (Å²) < 4.78 is 9.25. The van der Waals surface area contributed by atoms with Crippen LogP contribution < -0.4 is 0 Å². The SMILES string of the molecule is COCCN1C[C@@H](CC(Cc2c(C)c(-c3cnn(C)c3)nn2-c2ccccc2)=NOC)[C@H](c2ccccc2)C1. The summed E-state index contributed by atoms with van der Waals surface area (Å²) in [6.07, 6.45) is 5.38. The van der Waals surface area contributed by atoms with Gasteiger partial charge in [0.15, 0.2) is 0 Å². The molecular weight excluding hydrogens is 488 g/mol. The predicted molar refractivity (Wildman–Crippen MR) is 154 cm³/mol. The third-order valence-electron chi connectivity index (χ3n) is 7.67. The van der Waals surface area contributed by atoms with Gasteiger partial charge in [0.05, 0.1) is 35.6 Å². The molecular formula is C31H38N6O2. The minimum atomic E-state index is 0.421. The van der Waals surface area contributed by atoms with E-state index in [1.54, 1.807) is 14.2 Å². The number of oxime groups is 1. The first kappa shape index (κ1) is 26.8. The van der Waals surface area contributed by atoms with E-state index in [2.05, 4.69) is 69.2 Å². The molecule has 0 N–H and O–H groups in total. The fourth-order valence-corrected chi connectivity index (χ4v) is 5.75. The third-order valence-corrected chi connectivity index (χ3v) is 7.67. The lowest BCUT2D eigenvalue weighted by molar-refractivity contribution is 0.158. The molecule has 2 atom stereocenters. The van der Waals surface area contributed by atoms with Crippen LogP contribution in [0.3, 0.4) is 0 Å². The van der Waals surface area contributed by atoms with Gasteiger partial charge in [-0.25, -0.2) is 4.68 Å². The van der Waals surface area contributed by atoms with E-state index in [1.165, 1.54) is 5.56 Å². The molecule has 5 rings (SSSR count). The minimum absolute atomic E-state index is 0.421. The number of likely N-dealkylation sites (tertiary alicyclic amines) is 1. The predicted octanol–water partition coefficient (Wildman–Crippen LogP) is 4.88. The Kier molecular flexibility index (Phi) is 8.54. The lowest BCUT2D eigenvalue weighted by Crippen LogP contribution is -2.25. The second kappa shape index (κ2) is 12.4. The molecule has 0 unspecified atom stereocenters. The Balaban J connectivity index is 1.47. The number of aromatic nitrogens is 4. The number of para-hydroxylation sites is 1. The molecule has 1 aliphatic rings. The highest BCUT2D eigenvalue weighted by molar-refractivity contribution is 5.87. The summed E-state index contributed by atoms with van der Waals surface area (Å²) in [7, 11) is 5.33. The van der Waals surface area contributed by atoms with E-state index >= 15 is 0 Å². The van der Waals surface area contributed by atoms with Gasteiger partial charge in [0.25, 0.3) is 0 Å². The van der Waals surface area contributed by atoms with Gasteiger partial charge in [0.1, 0.15) is 7.11 Å². The molecule has 0 bridgehead atoms. The maximum atomic E-state index is 5.41. The highest BCUT2D eigenvalue weighted by Gasteiger charge is 2.35. The van der Waals surface area contributed by atoms with Crippen LogP contribution in [-0.2, 0) is 23.0 Å². The van der Waals surface area contributed by atoms with Crippen molar-refractivity contribution < 1.29 is 9.57 Å². The number of hydrogen-bond donors (Lipinski definition) is 0. The highest BCUT2D eigenvalue weighted by Crippen LogP contribution is 2.36. The van der Waals surface area contributed by atoms with Gasteiger partial charge in [-0.3, -0.25) is 4.68 Å². The van der Waals surface area contributed by atoms with Crippen LogP contribution in [0.15, 0.2) is 78.2 Å². The summed E-state index contributed by atoms with van der Waals surface area (Å²) in [5, 5.41) is 14.0. The molecule has 0 saturated carbocycles. The number of rotatable bonds is 11. The zero-order chi connectivity index (χ0) is 27.2. The number of methoxy groups -OCH3 is 1. The van der Waals surface area contributed by atoms with E-state index in [4.69, 9.17) is 14.7 Å². The van der Waals surface area contributed by atoms with Crippen molar-refractivity contribution in [2.24, 2.45) is 18.1 Å². The number of aryl methyl sites for hydroxylation is 1. The summed E-state index contributed by atoms with van der Waals surface area (Å²) in [5.41, 5.74) is 7.61. The quantitative estimate of drug-likeness (QED) is 0.206. The molecule has 3 heterocycles. The zero-order valence-corrected chi connectivity index (χ0v) is 23.3. The van der Waals surface area contributed by atoms with Crippen molar-refractivity contribution in [2.45, 2.75) is 25.7 Å². The van der Waals surface area contributed by atoms with Gasteiger partial charge >= 0.3 is 0 Å². The normalized spacial score (nSPS) is 18.1. The Morgan fingerprint density at radius 3 is 2.44 bits per heavy atom. The van der Waals surface area contributed by atoms with E-state index in [1.807, 2.05) is 42.3 Å². The van der Waals surface area contributed by atoms with Gasteiger partial charge in [0.2, 0.25) is 0 Å². The third kappa shape index (κ3) is 6.13. The van der Waals surface area contributed by atoms with Gasteiger partial charge in [-0.2, -0.15) is 10.2 Å². The van der Waals surface area contributed by atoms with Crippen LogP contribution in [0, 0.1) is 12.8 Å². The monoisotopic (exact) mass is 526 g/mol. The van der Waals surface area contributed by atoms with Gasteiger partial charge in [-0.15, -0.1) is 0 Å². The van der Waals surface area contributed by atoms with Gasteiger partial charge in [-0.1, -0.05) is 53.7 Å². The summed E-state index contributed by atoms with van der Waals surface area (Å²) in [4.78, 5) is 7.92. The van der Waals surface area contributed by atoms with Crippen molar-refractivity contribution in [1.29, 1.82) is 0 Å². The van der Waals surface area contributed by atoms with Crippen LogP contribution in [-0.4, -0.2) is 70.6 Å². The molecule has 4 aromatic rings. The molecule has 204 valence electrons. The van der Waals surface area contributed by atoms with Crippen LogP contribution >= 0.6 is 0 Å². The maximum absolute atomic E-state index is 5.41. The number of hydrogen-bond acceptors (Lipinski definition) is 6. The average Bonchev–Trinajstić information content (AvgIpc) is 3.66. The van der Waals surface area contributed by atoms with E-state index in [9.17, 15) is 0 Å². The van der Waals surface area contributed by atoms with Crippen LogP contribution in [0.25, 0.3) is 16.9 Å². The zero-order valence-electron chi connectivity index (χ0n) is 23.3. The lowest BCUT2D eigenvalue weighted by Gasteiger charge is -2.20. The molecule has 39 heavy (non-hydrogen) atoms. The Hall–Kier alpha value is -3.75. The van der Waals surface area contributed by atoms with Crippen molar-refractivity contribution in [3.05, 3.63) is 89.9 Å². The van der Waals surface area contributed by atoms with Crippen LogP contribution in [0.4, 0.5) is 0 Å². The minimum Gasteiger partial charge on any atom is -0.399 e. The number of ether oxygens (including phenoxy) is 1. The Morgan fingerprint density at radius 1 is 1.03 bits per heavy atom. The molecule has 1 fully saturated rings. The molecule has 2 aromatic carbocycles. The largest absolute Gasteiger partial charge is 0.399 e. The first-order valence-corrected chi connectivity index (χ1v) is 13.6. The van der Waals surface area contributed by atoms with Crippen LogP contribution in [0.1, 0.15) is 29.2 Å². The molecule has 2 aromatic heterocycles. The van der Waals surface area contributed by atoms with Crippen molar-refractivity contribution >= 4 is 5.71 Å². The Morgan fingerprint density at radius 2 is 1.77 bits per heavy atom. The summed E-state index contributed by atoms with van der Waals surface area (Å²) in [6, 6.07) is 21.1. The summed E-state index contributed by atoms with van der Waals surface area (Å²) in [6.45, 7) is 5.83. The van der Waals surface area contributed by atoms with Gasteiger partial charge < -0.3 is 14.5 Å². The standard InChI is InChI=1S/C31H38N6O2/c1-23-30(37(28-13-9-6-10-14-28)33-31(23)26-19-32-35(2)20-26)18-27(34-39-4)17-25-21-36(15-16-38-3)22-29(25)24-11-7-5-8-12-24/h5-14,19-20,25,29H,15-18,21-22H2,1-4H3/t25-,29+/m1/s1. The average molecular weight is 527 g/mol. The van der Waals surface area contributed by atoms with Gasteiger partial charge in [0, 0.05) is 57.9 Å². The molecule has 0 spiro atoms. The van der Waals surface area contributed by atoms with Crippen LogP contribution in [0.2, 0.25) is 0 Å². The molecule has 0 radical (unpaired) electrons. The molecule has 8 nitrogen and oxygen atoms in total. The number of benzene rings is 2. The van der Waals surface area contributed by atoms with Crippen molar-refractivity contribution in [1.82, 2.24) is 24.5 Å². The van der Waals surface area contributed by atoms with Crippen molar-refractivity contribution in [3.63, 3.8) is 0 Å². The molecule has 0 aliphatic carbocycles. The first-order valence-electron chi connectivity index (χ1n) is 13.6. The molecule has 1 aliphatic heterocycles. The number of nitrogens with zero attached hydrogens (tertiary/aromatic N) is 6. The Bertz CT molecular complexity index is 1380. The van der Waals surface area contributed by atoms with E-state index in [-0.39, 0.29) is 0 Å². The Labute approximate surface area is 230 Å². The maximum Gasteiger partial charge on any atom is 0.106 e. The second-order valence-electron chi connectivity index (χ2n) is 10.3. The van der Waals surface area contributed by atoms with E-state index < -0.39 is 0 Å². The highest BCUT2D eigenvalue weighted by atomic mass is 16.6. The van der Waals surface area contributed by atoms with Gasteiger partial charge in [-0.05, 0) is 42.5 Å². The molecule has 8 heteroatoms. The summed E-state index contributed by atoms with van der Waals surface area (Å²) >= 11 is 0. The smallest absolute Gasteiger partial charge is 0.106 e. The van der Waals surface area contributed by atoms with Crippen molar-refractivity contribution in [2.75, 3.05) is 40.5 Å². The van der Waals surface area contributed by atoms with Crippen molar-refractivity contribution in [3.8, 4) is 16.9 Å². The van der Waals surface area contributed by atoms with E-state index in [0.717, 1.165) is 66.6 Å². The summed E-state index contributed by atoms with van der Waals surface area (Å²) in [5.74, 6) is 0.848. The lowest BCUT2D eigenvalue weighted by atomic mass is 9.84.